The maximum absolute atomic E-state index is 13.6. The summed E-state index contributed by atoms with van der Waals surface area (Å²) in [5.74, 6) is 1.01. The zero-order valence-corrected chi connectivity index (χ0v) is 17.9. The van der Waals surface area contributed by atoms with Crippen LogP contribution in [-0.4, -0.2) is 24.2 Å². The molecule has 1 N–H and O–H groups in total. The highest BCUT2D eigenvalue weighted by Gasteiger charge is 2.22. The molecule has 0 spiro atoms. The highest BCUT2D eigenvalue weighted by Crippen LogP contribution is 2.39. The van der Waals surface area contributed by atoms with Gasteiger partial charge in [0.2, 0.25) is 5.95 Å². The first-order chi connectivity index (χ1) is 15.0. The maximum Gasteiger partial charge on any atom is 0.280 e. The third-order valence-corrected chi connectivity index (χ3v) is 6.36. The minimum atomic E-state index is -2.77. The minimum absolute atomic E-state index is 0.0256. The first kappa shape index (κ1) is 21.0. The molecule has 31 heavy (non-hydrogen) atoms. The van der Waals surface area contributed by atoms with Crippen molar-refractivity contribution in [3.8, 4) is 28.8 Å². The molecule has 0 amide bonds. The van der Waals surface area contributed by atoms with Crippen LogP contribution in [0, 0.1) is 11.3 Å². The third kappa shape index (κ3) is 4.16. The molecule has 1 aliphatic rings. The molecule has 1 aliphatic carbocycles. The summed E-state index contributed by atoms with van der Waals surface area (Å²) in [6.45, 7) is 0. The molecule has 2 aromatic heterocycles. The van der Waals surface area contributed by atoms with Gasteiger partial charge in [0.05, 0.1) is 25.5 Å². The van der Waals surface area contributed by atoms with E-state index in [2.05, 4.69) is 21.4 Å². The van der Waals surface area contributed by atoms with Crippen LogP contribution in [0.5, 0.6) is 11.5 Å². The van der Waals surface area contributed by atoms with Crippen molar-refractivity contribution in [3.05, 3.63) is 46.0 Å². The van der Waals surface area contributed by atoms with Crippen LogP contribution < -0.4 is 14.8 Å². The first-order valence-corrected chi connectivity index (χ1v) is 10.6. The van der Waals surface area contributed by atoms with Gasteiger partial charge in [-0.1, -0.05) is 0 Å². The monoisotopic (exact) mass is 442 g/mol. The topological polar surface area (TPSA) is 80.1 Å². The minimum Gasteiger partial charge on any atom is -0.493 e. The average molecular weight is 442 g/mol. The molecule has 0 atom stereocenters. The molecule has 0 saturated carbocycles. The Morgan fingerprint density at radius 2 is 1.87 bits per heavy atom. The second-order valence-electron chi connectivity index (χ2n) is 7.02. The molecule has 0 bridgehead atoms. The second kappa shape index (κ2) is 8.86. The lowest BCUT2D eigenvalue weighted by Gasteiger charge is -2.12. The number of rotatable bonds is 6. The zero-order chi connectivity index (χ0) is 22.0. The number of nitriles is 1. The van der Waals surface area contributed by atoms with Crippen LogP contribution in [0.2, 0.25) is 0 Å². The Morgan fingerprint density at radius 3 is 2.58 bits per heavy atom. The number of aryl methyl sites for hydroxylation is 1. The molecular weight excluding hydrogens is 422 g/mol. The number of hydrogen-bond acceptors (Lipinski definition) is 7. The number of thiophene rings is 1. The van der Waals surface area contributed by atoms with Gasteiger partial charge in [0.25, 0.3) is 6.43 Å². The number of nitrogens with one attached hydrogen (secondary N) is 1. The van der Waals surface area contributed by atoms with Gasteiger partial charge in [0, 0.05) is 10.4 Å². The Morgan fingerprint density at radius 1 is 1.10 bits per heavy atom. The predicted molar refractivity (Wildman–Crippen MR) is 114 cm³/mol. The molecule has 4 rings (SSSR count). The van der Waals surface area contributed by atoms with E-state index in [4.69, 9.17) is 9.47 Å². The number of nitrogens with zero attached hydrogens (tertiary/aromatic N) is 3. The quantitative estimate of drug-likeness (QED) is 0.531. The van der Waals surface area contributed by atoms with Gasteiger partial charge in [0.1, 0.15) is 16.8 Å². The molecule has 160 valence electrons. The van der Waals surface area contributed by atoms with E-state index in [1.165, 1.54) is 31.6 Å². The van der Waals surface area contributed by atoms with Crippen LogP contribution in [0.1, 0.15) is 41.0 Å². The predicted octanol–water partition coefficient (Wildman–Crippen LogP) is 5.65. The Bertz CT molecular complexity index is 1160. The van der Waals surface area contributed by atoms with E-state index >= 15 is 0 Å². The summed E-state index contributed by atoms with van der Waals surface area (Å²) in [6, 6.07) is 8.57. The fourth-order valence-corrected chi connectivity index (χ4v) is 4.88. The van der Waals surface area contributed by atoms with Crippen molar-refractivity contribution in [2.24, 2.45) is 0 Å². The third-order valence-electron chi connectivity index (χ3n) is 5.16. The van der Waals surface area contributed by atoms with Crippen molar-refractivity contribution in [1.29, 1.82) is 5.26 Å². The number of ether oxygens (including phenoxy) is 2. The van der Waals surface area contributed by atoms with Gasteiger partial charge in [0.15, 0.2) is 11.5 Å². The number of hydrogen-bond donors (Lipinski definition) is 1. The van der Waals surface area contributed by atoms with Crippen molar-refractivity contribution >= 4 is 22.3 Å². The number of alkyl halides is 2. The van der Waals surface area contributed by atoms with Crippen molar-refractivity contribution in [2.45, 2.75) is 32.1 Å². The van der Waals surface area contributed by atoms with Gasteiger partial charge in [-0.25, -0.2) is 18.7 Å². The van der Waals surface area contributed by atoms with Gasteiger partial charge in [-0.2, -0.15) is 5.26 Å². The van der Waals surface area contributed by atoms with E-state index in [0.29, 0.717) is 33.3 Å². The van der Waals surface area contributed by atoms with E-state index in [0.717, 1.165) is 36.1 Å². The number of aromatic nitrogens is 2. The maximum atomic E-state index is 13.6. The van der Waals surface area contributed by atoms with Crippen LogP contribution in [0.25, 0.3) is 11.3 Å². The fraction of sp³-hybridized carbons (Fsp3) is 0.318. The zero-order valence-electron chi connectivity index (χ0n) is 17.0. The van der Waals surface area contributed by atoms with Crippen LogP contribution in [-0.2, 0) is 12.8 Å². The van der Waals surface area contributed by atoms with Gasteiger partial charge >= 0.3 is 0 Å². The molecule has 0 aliphatic heterocycles. The first-order valence-electron chi connectivity index (χ1n) is 9.75. The second-order valence-corrected chi connectivity index (χ2v) is 8.13. The molecule has 0 fully saturated rings. The lowest BCUT2D eigenvalue weighted by Crippen LogP contribution is -2.03. The molecule has 2 heterocycles. The summed E-state index contributed by atoms with van der Waals surface area (Å²) >= 11 is 1.47. The van der Waals surface area contributed by atoms with Gasteiger partial charge in [-0.05, 0) is 55.5 Å². The van der Waals surface area contributed by atoms with Crippen LogP contribution in [0.3, 0.4) is 0 Å². The smallest absolute Gasteiger partial charge is 0.280 e. The van der Waals surface area contributed by atoms with Gasteiger partial charge in [-0.3, -0.25) is 0 Å². The highest BCUT2D eigenvalue weighted by molar-refractivity contribution is 7.16. The standard InChI is InChI=1S/C22H20F2N4O2S/c1-29-17-8-7-12(9-18(17)30-2)15-10-16(20(23)24)27-22(26-15)28-21-14(11-25)13-5-3-4-6-19(13)31-21/h7-10,20H,3-6H2,1-2H3,(H,26,27,28). The molecule has 0 radical (unpaired) electrons. The summed E-state index contributed by atoms with van der Waals surface area (Å²) in [6.07, 6.45) is 1.13. The largest absolute Gasteiger partial charge is 0.493 e. The SMILES string of the molecule is COc1ccc(-c2cc(C(F)F)nc(Nc3sc4c(c3C#N)CCCC4)n2)cc1OC. The summed E-state index contributed by atoms with van der Waals surface area (Å²) in [7, 11) is 3.02. The number of fused-ring (bicyclic) bond motifs is 1. The van der Waals surface area contributed by atoms with E-state index < -0.39 is 12.1 Å². The molecular formula is C22H20F2N4O2S. The number of halogens is 2. The number of methoxy groups -OCH3 is 2. The molecule has 0 saturated heterocycles. The van der Waals surface area contributed by atoms with Crippen molar-refractivity contribution < 1.29 is 18.3 Å². The van der Waals surface area contributed by atoms with Gasteiger partial charge in [-0.15, -0.1) is 11.3 Å². The number of anilines is 2. The van der Waals surface area contributed by atoms with Crippen molar-refractivity contribution in [3.63, 3.8) is 0 Å². The Hall–Kier alpha value is -3.25. The average Bonchev–Trinajstić information content (AvgIpc) is 3.15. The van der Waals surface area contributed by atoms with Crippen LogP contribution in [0.15, 0.2) is 24.3 Å². The normalized spacial score (nSPS) is 12.9. The molecule has 0 unspecified atom stereocenters. The van der Waals surface area contributed by atoms with E-state index in [1.54, 1.807) is 18.2 Å². The van der Waals surface area contributed by atoms with Crippen LogP contribution in [0.4, 0.5) is 19.7 Å². The summed E-state index contributed by atoms with van der Waals surface area (Å²) in [4.78, 5) is 9.58. The Labute approximate surface area is 182 Å². The summed E-state index contributed by atoms with van der Waals surface area (Å²) in [5, 5.41) is 13.3. The molecule has 1 aromatic carbocycles. The summed E-state index contributed by atoms with van der Waals surface area (Å²) in [5.41, 5.74) is 2.09. The van der Waals surface area contributed by atoms with Crippen molar-refractivity contribution in [1.82, 2.24) is 9.97 Å². The molecule has 3 aromatic rings. The lowest BCUT2D eigenvalue weighted by atomic mass is 9.96. The Kier molecular flexibility index (Phi) is 6.00. The van der Waals surface area contributed by atoms with Gasteiger partial charge < -0.3 is 14.8 Å². The number of benzene rings is 1. The van der Waals surface area contributed by atoms with Crippen LogP contribution >= 0.6 is 11.3 Å². The highest BCUT2D eigenvalue weighted by atomic mass is 32.1. The molecule has 6 nitrogen and oxygen atoms in total. The fourth-order valence-electron chi connectivity index (χ4n) is 3.65. The lowest BCUT2D eigenvalue weighted by molar-refractivity contribution is 0.146. The van der Waals surface area contributed by atoms with E-state index in [9.17, 15) is 14.0 Å². The Balaban J connectivity index is 1.76. The van der Waals surface area contributed by atoms with E-state index in [1.807, 2.05) is 0 Å². The summed E-state index contributed by atoms with van der Waals surface area (Å²) < 4.78 is 37.7. The van der Waals surface area contributed by atoms with E-state index in [-0.39, 0.29) is 5.95 Å². The molecule has 9 heteroatoms. The van der Waals surface area contributed by atoms with Crippen molar-refractivity contribution in [2.75, 3.05) is 19.5 Å².